The van der Waals surface area contributed by atoms with Crippen LogP contribution < -0.4 is 4.90 Å². The third kappa shape index (κ3) is 4.88. The molecule has 0 saturated carbocycles. The van der Waals surface area contributed by atoms with Crippen molar-refractivity contribution in [1.82, 2.24) is 19.8 Å². The van der Waals surface area contributed by atoms with E-state index in [9.17, 15) is 0 Å². The van der Waals surface area contributed by atoms with Crippen LogP contribution >= 0.6 is 0 Å². The molecule has 23 heavy (non-hydrogen) atoms. The summed E-state index contributed by atoms with van der Waals surface area (Å²) in [5.41, 5.74) is 1.13. The number of nitrogens with zero attached hydrogens (tertiary/aromatic N) is 5. The van der Waals surface area contributed by atoms with E-state index in [0.29, 0.717) is 0 Å². The van der Waals surface area contributed by atoms with Gasteiger partial charge in [-0.05, 0) is 57.7 Å². The van der Waals surface area contributed by atoms with Crippen LogP contribution in [0.5, 0.6) is 0 Å². The van der Waals surface area contributed by atoms with Gasteiger partial charge < -0.3 is 14.7 Å². The van der Waals surface area contributed by atoms with Gasteiger partial charge in [0.2, 0.25) is 5.95 Å². The van der Waals surface area contributed by atoms with Crippen LogP contribution in [-0.4, -0.2) is 72.6 Å². The lowest BCUT2D eigenvalue weighted by atomic mass is 9.92. The van der Waals surface area contributed by atoms with E-state index >= 15 is 0 Å². The minimum atomic E-state index is 0.893. The molecule has 1 aromatic heterocycles. The fourth-order valence-corrected chi connectivity index (χ4v) is 3.65. The zero-order chi connectivity index (χ0) is 16.1. The van der Waals surface area contributed by atoms with E-state index in [0.717, 1.165) is 30.5 Å². The molecule has 0 N–H and O–H groups in total. The van der Waals surface area contributed by atoms with Crippen molar-refractivity contribution < 1.29 is 0 Å². The average molecular weight is 317 g/mol. The molecule has 2 aliphatic heterocycles. The summed E-state index contributed by atoms with van der Waals surface area (Å²) in [4.78, 5) is 16.3. The van der Waals surface area contributed by atoms with E-state index in [4.69, 9.17) is 0 Å². The zero-order valence-corrected chi connectivity index (χ0v) is 14.7. The Morgan fingerprint density at radius 1 is 1.00 bits per heavy atom. The summed E-state index contributed by atoms with van der Waals surface area (Å²) >= 11 is 0. The quantitative estimate of drug-likeness (QED) is 0.830. The average Bonchev–Trinajstić information content (AvgIpc) is 2.58. The Kier molecular flexibility index (Phi) is 5.84. The summed E-state index contributed by atoms with van der Waals surface area (Å²) in [5, 5.41) is 0. The Labute approximate surface area is 140 Å². The highest BCUT2D eigenvalue weighted by Crippen LogP contribution is 2.24. The fraction of sp³-hybridized carbons (Fsp3) is 0.778. The van der Waals surface area contributed by atoms with Crippen molar-refractivity contribution in [2.75, 3.05) is 57.8 Å². The van der Waals surface area contributed by atoms with E-state index in [2.05, 4.69) is 31.7 Å². The molecule has 0 atom stereocenters. The SMILES string of the molecule is Cc1cnc(N2CCC(CCCN3CCN(C)CC3)CC2)nc1. The highest BCUT2D eigenvalue weighted by atomic mass is 15.3. The number of aromatic nitrogens is 2. The van der Waals surface area contributed by atoms with Crippen LogP contribution in [0.15, 0.2) is 12.4 Å². The Hall–Kier alpha value is -1.20. The topological polar surface area (TPSA) is 35.5 Å². The molecule has 0 bridgehead atoms. The summed E-state index contributed by atoms with van der Waals surface area (Å²) in [6, 6.07) is 0. The molecular formula is C18H31N5. The van der Waals surface area contributed by atoms with Crippen LogP contribution in [0, 0.1) is 12.8 Å². The molecule has 3 rings (SSSR count). The lowest BCUT2D eigenvalue weighted by Gasteiger charge is -2.34. The highest BCUT2D eigenvalue weighted by molar-refractivity contribution is 5.30. The highest BCUT2D eigenvalue weighted by Gasteiger charge is 2.21. The standard InChI is InChI=1S/C18H31N5/c1-16-14-19-18(20-15-16)23-8-5-17(6-9-23)4-3-7-22-12-10-21(2)11-13-22/h14-15,17H,3-13H2,1-2H3. The van der Waals surface area contributed by atoms with Crippen LogP contribution in [0.25, 0.3) is 0 Å². The number of anilines is 1. The summed E-state index contributed by atoms with van der Waals surface area (Å²) in [7, 11) is 2.23. The first kappa shape index (κ1) is 16.7. The molecule has 2 aliphatic rings. The lowest BCUT2D eigenvalue weighted by molar-refractivity contribution is 0.149. The van der Waals surface area contributed by atoms with Gasteiger partial charge in [-0.3, -0.25) is 0 Å². The summed E-state index contributed by atoms with van der Waals surface area (Å²) in [6.45, 7) is 10.5. The Morgan fingerprint density at radius 2 is 1.65 bits per heavy atom. The van der Waals surface area contributed by atoms with Gasteiger partial charge >= 0.3 is 0 Å². The van der Waals surface area contributed by atoms with Crippen molar-refractivity contribution in [3.8, 4) is 0 Å². The molecule has 0 amide bonds. The number of hydrogen-bond acceptors (Lipinski definition) is 5. The second-order valence-electron chi connectivity index (χ2n) is 7.28. The minimum absolute atomic E-state index is 0.893. The third-order valence-electron chi connectivity index (χ3n) is 5.35. The molecule has 0 aliphatic carbocycles. The maximum absolute atomic E-state index is 4.46. The van der Waals surface area contributed by atoms with E-state index < -0.39 is 0 Å². The fourth-order valence-electron chi connectivity index (χ4n) is 3.65. The van der Waals surface area contributed by atoms with Gasteiger partial charge in [0.1, 0.15) is 0 Å². The van der Waals surface area contributed by atoms with Gasteiger partial charge in [-0.15, -0.1) is 0 Å². The van der Waals surface area contributed by atoms with Crippen molar-refractivity contribution in [3.63, 3.8) is 0 Å². The molecule has 0 aromatic carbocycles. The van der Waals surface area contributed by atoms with Crippen LogP contribution in [0.1, 0.15) is 31.2 Å². The molecule has 2 fully saturated rings. The number of hydrogen-bond donors (Lipinski definition) is 0. The van der Waals surface area contributed by atoms with Gasteiger partial charge in [0.05, 0.1) is 0 Å². The predicted molar refractivity (Wildman–Crippen MR) is 94.9 cm³/mol. The zero-order valence-electron chi connectivity index (χ0n) is 14.7. The second kappa shape index (κ2) is 8.06. The van der Waals surface area contributed by atoms with Crippen molar-refractivity contribution in [2.24, 2.45) is 5.92 Å². The molecule has 3 heterocycles. The van der Waals surface area contributed by atoms with Crippen molar-refractivity contribution in [2.45, 2.75) is 32.6 Å². The van der Waals surface area contributed by atoms with Crippen LogP contribution in [0.3, 0.4) is 0 Å². The lowest BCUT2D eigenvalue weighted by Crippen LogP contribution is -2.44. The number of likely N-dealkylation sites (N-methyl/N-ethyl adjacent to an activating group) is 1. The Morgan fingerprint density at radius 3 is 2.30 bits per heavy atom. The maximum Gasteiger partial charge on any atom is 0.225 e. The van der Waals surface area contributed by atoms with E-state index in [-0.39, 0.29) is 0 Å². The normalized spacial score (nSPS) is 21.7. The third-order valence-corrected chi connectivity index (χ3v) is 5.35. The number of piperazine rings is 1. The van der Waals surface area contributed by atoms with Gasteiger partial charge in [0.15, 0.2) is 0 Å². The molecule has 128 valence electrons. The van der Waals surface area contributed by atoms with Gasteiger partial charge in [0.25, 0.3) is 0 Å². The molecule has 1 aromatic rings. The summed E-state index contributed by atoms with van der Waals surface area (Å²) in [6.07, 6.45) is 9.17. The van der Waals surface area contributed by atoms with Crippen LogP contribution in [-0.2, 0) is 0 Å². The second-order valence-corrected chi connectivity index (χ2v) is 7.28. The molecule has 0 radical (unpaired) electrons. The summed E-state index contributed by atoms with van der Waals surface area (Å²) in [5.74, 6) is 1.80. The van der Waals surface area contributed by atoms with Crippen molar-refractivity contribution >= 4 is 5.95 Å². The monoisotopic (exact) mass is 317 g/mol. The van der Waals surface area contributed by atoms with E-state index in [1.165, 1.54) is 58.4 Å². The molecule has 5 heteroatoms. The van der Waals surface area contributed by atoms with Crippen LogP contribution in [0.4, 0.5) is 5.95 Å². The van der Waals surface area contributed by atoms with Crippen LogP contribution in [0.2, 0.25) is 0 Å². The molecular weight excluding hydrogens is 286 g/mol. The van der Waals surface area contributed by atoms with Crippen molar-refractivity contribution in [3.05, 3.63) is 18.0 Å². The molecule has 2 saturated heterocycles. The minimum Gasteiger partial charge on any atom is -0.341 e. The number of piperidine rings is 1. The van der Waals surface area contributed by atoms with E-state index in [1.54, 1.807) is 0 Å². The number of rotatable bonds is 5. The van der Waals surface area contributed by atoms with E-state index in [1.807, 2.05) is 19.3 Å². The molecule has 0 unspecified atom stereocenters. The largest absolute Gasteiger partial charge is 0.341 e. The maximum atomic E-state index is 4.46. The van der Waals surface area contributed by atoms with Gasteiger partial charge in [-0.25, -0.2) is 9.97 Å². The first-order valence-corrected chi connectivity index (χ1v) is 9.15. The van der Waals surface area contributed by atoms with Crippen molar-refractivity contribution in [1.29, 1.82) is 0 Å². The van der Waals surface area contributed by atoms with Gasteiger partial charge in [0, 0.05) is 51.7 Å². The first-order chi connectivity index (χ1) is 11.2. The smallest absolute Gasteiger partial charge is 0.225 e. The Bertz CT molecular complexity index is 459. The Balaban J connectivity index is 1.34. The van der Waals surface area contributed by atoms with Gasteiger partial charge in [-0.1, -0.05) is 0 Å². The molecule has 5 nitrogen and oxygen atoms in total. The first-order valence-electron chi connectivity index (χ1n) is 9.15. The van der Waals surface area contributed by atoms with Gasteiger partial charge in [-0.2, -0.15) is 0 Å². The summed E-state index contributed by atoms with van der Waals surface area (Å²) < 4.78 is 0. The molecule has 0 spiro atoms. The number of aryl methyl sites for hydroxylation is 1. The predicted octanol–water partition coefficient (Wildman–Crippen LogP) is 2.03.